The zero-order valence-corrected chi connectivity index (χ0v) is 5.53. The van der Waals surface area contributed by atoms with Crippen molar-refractivity contribution in [2.24, 2.45) is 0 Å². The molecule has 0 aliphatic carbocycles. The van der Waals surface area contributed by atoms with E-state index in [0.717, 1.165) is 19.5 Å². The summed E-state index contributed by atoms with van der Waals surface area (Å²) in [6.07, 6.45) is 1.12. The fourth-order valence-electron chi connectivity index (χ4n) is 0.943. The van der Waals surface area contributed by atoms with E-state index in [0.29, 0.717) is 0 Å². The molecule has 0 atom stereocenters. The molecule has 0 amide bonds. The lowest BCUT2D eigenvalue weighted by Gasteiger charge is -2.40. The molecule has 0 aromatic heterocycles. The first-order chi connectivity index (χ1) is 3.83. The van der Waals surface area contributed by atoms with Gasteiger partial charge in [-0.1, -0.05) is 6.92 Å². The maximum atomic E-state index is 5.26. The molecular formula is C6H13NO. The molecule has 1 N–H and O–H groups in total. The predicted molar refractivity (Wildman–Crippen MR) is 32.9 cm³/mol. The number of methoxy groups -OCH3 is 1. The first-order valence-electron chi connectivity index (χ1n) is 3.09. The van der Waals surface area contributed by atoms with Crippen molar-refractivity contribution in [1.29, 1.82) is 0 Å². The molecule has 2 nitrogen and oxygen atoms in total. The zero-order chi connectivity index (χ0) is 6.04. The Bertz CT molecular complexity index is 65.1. The summed E-state index contributed by atoms with van der Waals surface area (Å²) in [5.41, 5.74) is 0.194. The van der Waals surface area contributed by atoms with Gasteiger partial charge in [-0.15, -0.1) is 0 Å². The lowest BCUT2D eigenvalue weighted by molar-refractivity contribution is -0.0533. The summed E-state index contributed by atoms with van der Waals surface area (Å²) in [5.74, 6) is 0. The minimum Gasteiger partial charge on any atom is -0.376 e. The molecule has 1 heterocycles. The molecule has 0 radical (unpaired) electrons. The Morgan fingerprint density at radius 1 is 1.62 bits per heavy atom. The molecule has 1 saturated heterocycles. The molecule has 0 spiro atoms. The number of hydrogen-bond acceptors (Lipinski definition) is 2. The van der Waals surface area contributed by atoms with Crippen LogP contribution in [0.5, 0.6) is 0 Å². The third-order valence-electron chi connectivity index (χ3n) is 1.97. The van der Waals surface area contributed by atoms with Crippen molar-refractivity contribution >= 4 is 0 Å². The van der Waals surface area contributed by atoms with Gasteiger partial charge in [0.25, 0.3) is 0 Å². The van der Waals surface area contributed by atoms with Gasteiger partial charge >= 0.3 is 0 Å². The number of ether oxygens (including phenoxy) is 1. The second-order valence-electron chi connectivity index (χ2n) is 2.34. The summed E-state index contributed by atoms with van der Waals surface area (Å²) in [6, 6.07) is 0. The van der Waals surface area contributed by atoms with Crippen molar-refractivity contribution < 1.29 is 4.74 Å². The average Bonchev–Trinajstić information content (AvgIpc) is 1.67. The van der Waals surface area contributed by atoms with Crippen LogP contribution in [-0.2, 0) is 4.74 Å². The van der Waals surface area contributed by atoms with Gasteiger partial charge in [0.15, 0.2) is 0 Å². The monoisotopic (exact) mass is 115 g/mol. The highest BCUT2D eigenvalue weighted by Crippen LogP contribution is 2.18. The van der Waals surface area contributed by atoms with Gasteiger partial charge in [0, 0.05) is 20.2 Å². The number of nitrogens with one attached hydrogen (secondary N) is 1. The highest BCUT2D eigenvalue weighted by atomic mass is 16.5. The lowest BCUT2D eigenvalue weighted by atomic mass is 9.94. The Morgan fingerprint density at radius 2 is 2.25 bits per heavy atom. The zero-order valence-electron chi connectivity index (χ0n) is 5.53. The average molecular weight is 115 g/mol. The second kappa shape index (κ2) is 2.03. The Hall–Kier alpha value is -0.0800. The van der Waals surface area contributed by atoms with Crippen LogP contribution in [0.1, 0.15) is 13.3 Å². The van der Waals surface area contributed by atoms with Gasteiger partial charge in [0.1, 0.15) is 0 Å². The summed E-state index contributed by atoms with van der Waals surface area (Å²) < 4.78 is 5.26. The van der Waals surface area contributed by atoms with Crippen molar-refractivity contribution in [3.8, 4) is 0 Å². The molecule has 1 aliphatic heterocycles. The van der Waals surface area contributed by atoms with Crippen LogP contribution in [0.2, 0.25) is 0 Å². The van der Waals surface area contributed by atoms with E-state index in [1.54, 1.807) is 7.11 Å². The van der Waals surface area contributed by atoms with Crippen molar-refractivity contribution in [3.63, 3.8) is 0 Å². The fourth-order valence-corrected chi connectivity index (χ4v) is 0.943. The molecular weight excluding hydrogens is 102 g/mol. The van der Waals surface area contributed by atoms with Gasteiger partial charge in [0.05, 0.1) is 5.60 Å². The molecule has 1 aliphatic rings. The first-order valence-corrected chi connectivity index (χ1v) is 3.09. The molecule has 0 saturated carbocycles. The van der Waals surface area contributed by atoms with Crippen LogP contribution in [0.15, 0.2) is 0 Å². The van der Waals surface area contributed by atoms with Crippen LogP contribution in [-0.4, -0.2) is 25.8 Å². The van der Waals surface area contributed by atoms with Crippen LogP contribution >= 0.6 is 0 Å². The van der Waals surface area contributed by atoms with Crippen LogP contribution in [0.3, 0.4) is 0 Å². The smallest absolute Gasteiger partial charge is 0.0923 e. The highest BCUT2D eigenvalue weighted by molar-refractivity contribution is 4.92. The summed E-state index contributed by atoms with van der Waals surface area (Å²) in [7, 11) is 1.78. The van der Waals surface area contributed by atoms with Crippen molar-refractivity contribution in [2.75, 3.05) is 20.2 Å². The molecule has 0 aromatic carbocycles. The van der Waals surface area contributed by atoms with Crippen LogP contribution in [0.25, 0.3) is 0 Å². The second-order valence-corrected chi connectivity index (χ2v) is 2.34. The molecule has 1 rings (SSSR count). The minimum atomic E-state index is 0.194. The van der Waals surface area contributed by atoms with E-state index < -0.39 is 0 Å². The Kier molecular flexibility index (Phi) is 1.54. The van der Waals surface area contributed by atoms with Gasteiger partial charge in [-0.3, -0.25) is 0 Å². The Morgan fingerprint density at radius 3 is 2.25 bits per heavy atom. The fraction of sp³-hybridized carbons (Fsp3) is 1.00. The third kappa shape index (κ3) is 0.740. The van der Waals surface area contributed by atoms with Crippen molar-refractivity contribution in [2.45, 2.75) is 18.9 Å². The van der Waals surface area contributed by atoms with Crippen LogP contribution in [0, 0.1) is 0 Å². The van der Waals surface area contributed by atoms with Gasteiger partial charge in [0.2, 0.25) is 0 Å². The molecule has 0 bridgehead atoms. The van der Waals surface area contributed by atoms with Gasteiger partial charge in [-0.2, -0.15) is 0 Å². The molecule has 48 valence electrons. The standard InChI is InChI=1S/C6H13NO/c1-3-6(8-2)4-7-5-6/h7H,3-5H2,1-2H3. The van der Waals surface area contributed by atoms with Gasteiger partial charge in [-0.25, -0.2) is 0 Å². The van der Waals surface area contributed by atoms with E-state index in [1.807, 2.05) is 0 Å². The SMILES string of the molecule is CCC1(OC)CNC1. The Labute approximate surface area is 50.2 Å². The van der Waals surface area contributed by atoms with E-state index in [1.165, 1.54) is 0 Å². The maximum absolute atomic E-state index is 5.26. The number of rotatable bonds is 2. The van der Waals surface area contributed by atoms with Crippen molar-refractivity contribution in [3.05, 3.63) is 0 Å². The van der Waals surface area contributed by atoms with Gasteiger partial charge < -0.3 is 10.1 Å². The van der Waals surface area contributed by atoms with Crippen LogP contribution < -0.4 is 5.32 Å². The summed E-state index contributed by atoms with van der Waals surface area (Å²) in [5, 5.41) is 3.18. The Balaban J connectivity index is 2.33. The maximum Gasteiger partial charge on any atom is 0.0923 e. The quantitative estimate of drug-likeness (QED) is 0.562. The number of hydrogen-bond donors (Lipinski definition) is 1. The van der Waals surface area contributed by atoms with Gasteiger partial charge in [-0.05, 0) is 6.42 Å². The topological polar surface area (TPSA) is 21.3 Å². The third-order valence-corrected chi connectivity index (χ3v) is 1.97. The van der Waals surface area contributed by atoms with E-state index in [4.69, 9.17) is 4.74 Å². The van der Waals surface area contributed by atoms with E-state index in [2.05, 4.69) is 12.2 Å². The normalized spacial score (nSPS) is 24.8. The molecule has 2 heteroatoms. The van der Waals surface area contributed by atoms with E-state index >= 15 is 0 Å². The molecule has 0 unspecified atom stereocenters. The molecule has 1 fully saturated rings. The summed E-state index contributed by atoms with van der Waals surface area (Å²) >= 11 is 0. The first kappa shape index (κ1) is 6.05. The lowest BCUT2D eigenvalue weighted by Crippen LogP contribution is -2.60. The molecule has 0 aromatic rings. The summed E-state index contributed by atoms with van der Waals surface area (Å²) in [4.78, 5) is 0. The van der Waals surface area contributed by atoms with E-state index in [9.17, 15) is 0 Å². The van der Waals surface area contributed by atoms with Crippen LogP contribution in [0.4, 0.5) is 0 Å². The minimum absolute atomic E-state index is 0.194. The summed E-state index contributed by atoms with van der Waals surface area (Å²) in [6.45, 7) is 4.21. The predicted octanol–water partition coefficient (Wildman–Crippen LogP) is 0.385. The largest absolute Gasteiger partial charge is 0.376 e. The van der Waals surface area contributed by atoms with Crippen molar-refractivity contribution in [1.82, 2.24) is 5.32 Å². The van der Waals surface area contributed by atoms with E-state index in [-0.39, 0.29) is 5.60 Å². The highest BCUT2D eigenvalue weighted by Gasteiger charge is 2.34. The molecule has 8 heavy (non-hydrogen) atoms.